The Morgan fingerprint density at radius 2 is 2.05 bits per heavy atom. The van der Waals surface area contributed by atoms with Crippen molar-refractivity contribution in [1.82, 2.24) is 9.80 Å². The maximum Gasteiger partial charge on any atom is 0.323 e. The topological polar surface area (TPSA) is 77.9 Å². The van der Waals surface area contributed by atoms with E-state index in [0.29, 0.717) is 30.7 Å². The predicted octanol–water partition coefficient (Wildman–Crippen LogP) is 0.243. The molecule has 6 heteroatoms. The molecule has 0 saturated carbocycles. The van der Waals surface area contributed by atoms with Crippen LogP contribution in [0, 0.1) is 0 Å². The summed E-state index contributed by atoms with van der Waals surface area (Å²) < 4.78 is 0. The first-order valence-electron chi connectivity index (χ1n) is 6.06. The zero-order chi connectivity index (χ0) is 13.6. The van der Waals surface area contributed by atoms with Gasteiger partial charge in [-0.15, -0.1) is 0 Å². The van der Waals surface area contributed by atoms with Gasteiger partial charge in [0.1, 0.15) is 12.2 Å². The van der Waals surface area contributed by atoms with Gasteiger partial charge in [0.25, 0.3) is 11.8 Å². The smallest absolute Gasteiger partial charge is 0.323 e. The molecule has 0 bridgehead atoms. The van der Waals surface area contributed by atoms with Crippen LogP contribution in [0.25, 0.3) is 0 Å². The third-order valence-electron chi connectivity index (χ3n) is 3.44. The Morgan fingerprint density at radius 1 is 1.32 bits per heavy atom. The second-order valence-electron chi connectivity index (χ2n) is 4.64. The number of allylic oxidation sites excluding steroid dienone is 3. The molecule has 19 heavy (non-hydrogen) atoms. The highest BCUT2D eigenvalue weighted by Crippen LogP contribution is 2.34. The van der Waals surface area contributed by atoms with E-state index in [2.05, 4.69) is 0 Å². The van der Waals surface area contributed by atoms with Gasteiger partial charge in [-0.1, -0.05) is 6.08 Å². The largest absolute Gasteiger partial charge is 0.480 e. The average molecular weight is 260 g/mol. The molecule has 0 aromatic rings. The maximum atomic E-state index is 12.3. The van der Waals surface area contributed by atoms with Crippen LogP contribution in [0.1, 0.15) is 12.8 Å². The monoisotopic (exact) mass is 260 g/mol. The van der Waals surface area contributed by atoms with Gasteiger partial charge in [0.15, 0.2) is 0 Å². The van der Waals surface area contributed by atoms with E-state index >= 15 is 0 Å². The van der Waals surface area contributed by atoms with E-state index in [1.807, 2.05) is 0 Å². The molecule has 1 aliphatic carbocycles. The molecular weight excluding hydrogens is 248 g/mol. The molecule has 0 radical (unpaired) electrons. The van der Waals surface area contributed by atoms with E-state index in [1.165, 1.54) is 4.90 Å². The van der Waals surface area contributed by atoms with E-state index in [9.17, 15) is 14.4 Å². The quantitative estimate of drug-likeness (QED) is 0.736. The molecule has 3 rings (SSSR count). The lowest BCUT2D eigenvalue weighted by Crippen LogP contribution is -2.37. The van der Waals surface area contributed by atoms with Crippen molar-refractivity contribution in [2.75, 3.05) is 13.1 Å². The highest BCUT2D eigenvalue weighted by atomic mass is 16.4. The van der Waals surface area contributed by atoms with Crippen molar-refractivity contribution < 1.29 is 19.5 Å². The second-order valence-corrected chi connectivity index (χ2v) is 4.64. The molecule has 98 valence electrons. The first-order chi connectivity index (χ1) is 9.09. The molecule has 0 unspecified atom stereocenters. The number of imide groups is 1. The van der Waals surface area contributed by atoms with Crippen molar-refractivity contribution in [3.05, 3.63) is 35.2 Å². The molecule has 0 aromatic heterocycles. The normalized spacial score (nSPS) is 21.6. The van der Waals surface area contributed by atoms with Gasteiger partial charge < -0.3 is 10.0 Å². The van der Waals surface area contributed by atoms with Crippen molar-refractivity contribution in [1.29, 1.82) is 0 Å². The summed E-state index contributed by atoms with van der Waals surface area (Å²) in [7, 11) is 0. The summed E-state index contributed by atoms with van der Waals surface area (Å²) in [6.45, 7) is 0.244. The molecule has 3 aliphatic rings. The van der Waals surface area contributed by atoms with Crippen LogP contribution >= 0.6 is 0 Å². The van der Waals surface area contributed by atoms with E-state index in [0.717, 1.165) is 4.90 Å². The molecule has 0 fully saturated rings. The Kier molecular flexibility index (Phi) is 2.51. The minimum atomic E-state index is -1.00. The van der Waals surface area contributed by atoms with E-state index in [4.69, 9.17) is 5.11 Å². The van der Waals surface area contributed by atoms with Gasteiger partial charge >= 0.3 is 5.97 Å². The minimum absolute atomic E-state index is 0.249. The predicted molar refractivity (Wildman–Crippen MR) is 64.5 cm³/mol. The summed E-state index contributed by atoms with van der Waals surface area (Å²) in [5, 5.41) is 8.87. The average Bonchev–Trinajstić information content (AvgIpc) is 2.53. The fourth-order valence-corrected chi connectivity index (χ4v) is 2.56. The fourth-order valence-electron chi connectivity index (χ4n) is 2.56. The Balaban J connectivity index is 1.94. The third-order valence-corrected chi connectivity index (χ3v) is 3.44. The lowest BCUT2D eigenvalue weighted by atomic mass is 10.0. The van der Waals surface area contributed by atoms with Crippen molar-refractivity contribution in [2.24, 2.45) is 0 Å². The lowest BCUT2D eigenvalue weighted by molar-refractivity contribution is -0.138. The number of carboxylic acid groups (broad SMARTS) is 1. The van der Waals surface area contributed by atoms with Crippen molar-refractivity contribution in [3.8, 4) is 0 Å². The van der Waals surface area contributed by atoms with Crippen LogP contribution in [-0.2, 0) is 14.4 Å². The molecule has 6 nitrogen and oxygen atoms in total. The number of rotatable bonds is 3. The zero-order valence-electron chi connectivity index (χ0n) is 10.1. The third kappa shape index (κ3) is 1.68. The molecule has 2 aliphatic heterocycles. The molecular formula is C13H12N2O4. The van der Waals surface area contributed by atoms with Gasteiger partial charge in [0.2, 0.25) is 0 Å². The number of hydrogen-bond acceptors (Lipinski definition) is 4. The number of carboxylic acids is 1. The van der Waals surface area contributed by atoms with Gasteiger partial charge in [0.05, 0.1) is 5.70 Å². The van der Waals surface area contributed by atoms with Crippen LogP contribution < -0.4 is 0 Å². The summed E-state index contributed by atoms with van der Waals surface area (Å²) in [6.07, 6.45) is 6.35. The molecule has 0 saturated heterocycles. The number of nitrogens with zero attached hydrogens (tertiary/aromatic N) is 2. The fraction of sp³-hybridized carbons (Fsp3) is 0.308. The Hall–Kier alpha value is -2.37. The number of hydrogen-bond donors (Lipinski definition) is 1. The Bertz CT molecular complexity index is 585. The lowest BCUT2D eigenvalue weighted by Gasteiger charge is -2.27. The molecule has 0 spiro atoms. The van der Waals surface area contributed by atoms with Gasteiger partial charge in [0, 0.05) is 12.1 Å². The van der Waals surface area contributed by atoms with Crippen molar-refractivity contribution in [3.63, 3.8) is 0 Å². The van der Waals surface area contributed by atoms with Crippen LogP contribution in [0.3, 0.4) is 0 Å². The SMILES string of the molecule is O=C(O)CN1CCCC2=C1C(=O)N(C1=CC=C1)C2=O. The highest BCUT2D eigenvalue weighted by molar-refractivity contribution is 6.20. The second kappa shape index (κ2) is 4.08. The van der Waals surface area contributed by atoms with Crippen LogP contribution in [0.2, 0.25) is 0 Å². The molecule has 0 aromatic carbocycles. The van der Waals surface area contributed by atoms with Gasteiger partial charge in [-0.3, -0.25) is 14.4 Å². The van der Waals surface area contributed by atoms with Crippen LogP contribution in [0.4, 0.5) is 0 Å². The molecule has 1 N–H and O–H groups in total. The summed E-state index contributed by atoms with van der Waals surface area (Å²) in [5.74, 6) is -1.72. The van der Waals surface area contributed by atoms with Gasteiger partial charge in [-0.2, -0.15) is 0 Å². The summed E-state index contributed by atoms with van der Waals surface area (Å²) in [6, 6.07) is 0. The van der Waals surface area contributed by atoms with E-state index < -0.39 is 11.9 Å². The zero-order valence-corrected chi connectivity index (χ0v) is 10.1. The molecule has 0 atom stereocenters. The first kappa shape index (κ1) is 11.7. The molecule has 2 amide bonds. The minimum Gasteiger partial charge on any atom is -0.480 e. The van der Waals surface area contributed by atoms with Crippen molar-refractivity contribution in [2.45, 2.75) is 12.8 Å². The van der Waals surface area contributed by atoms with Gasteiger partial charge in [-0.25, -0.2) is 4.90 Å². The van der Waals surface area contributed by atoms with Crippen LogP contribution in [0.5, 0.6) is 0 Å². The van der Waals surface area contributed by atoms with Crippen molar-refractivity contribution >= 4 is 17.8 Å². The van der Waals surface area contributed by atoms with Crippen LogP contribution in [-0.4, -0.2) is 45.8 Å². The highest BCUT2D eigenvalue weighted by Gasteiger charge is 2.44. The first-order valence-corrected chi connectivity index (χ1v) is 6.06. The Morgan fingerprint density at radius 3 is 2.63 bits per heavy atom. The Labute approximate surface area is 109 Å². The molecule has 2 heterocycles. The van der Waals surface area contributed by atoms with Crippen LogP contribution in [0.15, 0.2) is 35.2 Å². The number of carbonyl (C=O) groups is 3. The van der Waals surface area contributed by atoms with E-state index in [-0.39, 0.29) is 18.1 Å². The summed E-state index contributed by atoms with van der Waals surface area (Å²) >= 11 is 0. The summed E-state index contributed by atoms with van der Waals surface area (Å²) in [5.41, 5.74) is 1.28. The standard InChI is InChI=1S/C13H12N2O4/c16-10(17)7-14-6-2-5-9-11(14)13(19)15(12(9)18)8-3-1-4-8/h1,3-4H,2,5-7H2,(H,16,17). The van der Waals surface area contributed by atoms with E-state index in [1.54, 1.807) is 18.2 Å². The number of carbonyl (C=O) groups excluding carboxylic acids is 2. The maximum absolute atomic E-state index is 12.3. The van der Waals surface area contributed by atoms with Gasteiger partial charge in [-0.05, 0) is 25.0 Å². The summed E-state index contributed by atoms with van der Waals surface area (Å²) in [4.78, 5) is 38.0. The number of amides is 2. The number of aliphatic carboxylic acids is 1.